The lowest BCUT2D eigenvalue weighted by Crippen LogP contribution is -2.35. The van der Waals surface area contributed by atoms with E-state index in [2.05, 4.69) is 17.3 Å². The van der Waals surface area contributed by atoms with Gasteiger partial charge in [-0.2, -0.15) is 0 Å². The molecule has 2 rings (SSSR count). The number of hydrogen-bond donors (Lipinski definition) is 1. The minimum atomic E-state index is -0.125. The Morgan fingerprint density at radius 2 is 2.05 bits per heavy atom. The third-order valence-electron chi connectivity index (χ3n) is 3.88. The van der Waals surface area contributed by atoms with Gasteiger partial charge in [0.05, 0.1) is 0 Å². The van der Waals surface area contributed by atoms with Gasteiger partial charge in [-0.25, -0.2) is 0 Å². The zero-order valence-corrected chi connectivity index (χ0v) is 13.6. The van der Waals surface area contributed by atoms with Crippen LogP contribution in [0.3, 0.4) is 0 Å². The van der Waals surface area contributed by atoms with Crippen molar-refractivity contribution in [2.24, 2.45) is 0 Å². The van der Waals surface area contributed by atoms with Crippen LogP contribution >= 0.6 is 0 Å². The van der Waals surface area contributed by atoms with E-state index in [9.17, 15) is 9.59 Å². The number of hydrogen-bond acceptors (Lipinski definition) is 3. The zero-order chi connectivity index (χ0) is 16.3. The summed E-state index contributed by atoms with van der Waals surface area (Å²) >= 11 is 0. The van der Waals surface area contributed by atoms with Crippen LogP contribution in [0.25, 0.3) is 0 Å². The number of nitrogens with zero attached hydrogens (tertiary/aromatic N) is 2. The highest BCUT2D eigenvalue weighted by atomic mass is 16.2. The molecule has 22 heavy (non-hydrogen) atoms. The molecule has 5 heteroatoms. The number of rotatable bonds is 3. The van der Waals surface area contributed by atoms with E-state index < -0.39 is 0 Å². The Balaban J connectivity index is 2.20. The standard InChI is InChI=1S/C17H23N3O2/c1-12-11-19(3)9-8-16(12)17(22)20(4)15-7-5-6-14(10-15)18-13(2)21/h5-7,10H,8-9,11H2,1-4H3,(H,18,21). The first kappa shape index (κ1) is 16.2. The van der Waals surface area contributed by atoms with Crippen LogP contribution in [-0.2, 0) is 9.59 Å². The third kappa shape index (κ3) is 3.74. The molecule has 2 amide bonds. The monoisotopic (exact) mass is 301 g/mol. The Morgan fingerprint density at radius 3 is 2.68 bits per heavy atom. The van der Waals surface area contributed by atoms with Crippen LogP contribution in [-0.4, -0.2) is 43.9 Å². The summed E-state index contributed by atoms with van der Waals surface area (Å²) in [6.45, 7) is 5.22. The molecule has 1 aliphatic rings. The van der Waals surface area contributed by atoms with E-state index >= 15 is 0 Å². The van der Waals surface area contributed by atoms with Crippen LogP contribution in [0.2, 0.25) is 0 Å². The Morgan fingerprint density at radius 1 is 1.32 bits per heavy atom. The van der Waals surface area contributed by atoms with Gasteiger partial charge in [-0.3, -0.25) is 9.59 Å². The molecule has 1 N–H and O–H groups in total. The molecule has 0 aromatic heterocycles. The van der Waals surface area contributed by atoms with Crippen LogP contribution in [0.1, 0.15) is 20.3 Å². The van der Waals surface area contributed by atoms with Crippen LogP contribution < -0.4 is 10.2 Å². The second-order valence-corrected chi connectivity index (χ2v) is 5.84. The van der Waals surface area contributed by atoms with Gasteiger partial charge in [-0.05, 0) is 38.6 Å². The quantitative estimate of drug-likeness (QED) is 0.931. The van der Waals surface area contributed by atoms with E-state index in [1.54, 1.807) is 11.9 Å². The summed E-state index contributed by atoms with van der Waals surface area (Å²) in [5.41, 5.74) is 3.49. The second-order valence-electron chi connectivity index (χ2n) is 5.84. The summed E-state index contributed by atoms with van der Waals surface area (Å²) in [7, 11) is 3.83. The van der Waals surface area contributed by atoms with Crippen LogP contribution in [0.15, 0.2) is 35.4 Å². The number of carbonyl (C=O) groups is 2. The fourth-order valence-electron chi connectivity index (χ4n) is 2.70. The largest absolute Gasteiger partial charge is 0.326 e. The number of benzene rings is 1. The van der Waals surface area contributed by atoms with E-state index in [1.807, 2.05) is 31.2 Å². The Hall–Kier alpha value is -2.14. The highest BCUT2D eigenvalue weighted by Crippen LogP contribution is 2.24. The summed E-state index contributed by atoms with van der Waals surface area (Å²) < 4.78 is 0. The third-order valence-corrected chi connectivity index (χ3v) is 3.88. The maximum Gasteiger partial charge on any atom is 0.253 e. The predicted octanol–water partition coefficient (Wildman–Crippen LogP) is 2.26. The van der Waals surface area contributed by atoms with Crippen LogP contribution in [0.4, 0.5) is 11.4 Å². The highest BCUT2D eigenvalue weighted by Gasteiger charge is 2.22. The zero-order valence-electron chi connectivity index (χ0n) is 13.6. The van der Waals surface area contributed by atoms with Gasteiger partial charge < -0.3 is 15.1 Å². The smallest absolute Gasteiger partial charge is 0.253 e. The Labute approximate surface area is 131 Å². The van der Waals surface area contributed by atoms with Crippen molar-refractivity contribution in [3.63, 3.8) is 0 Å². The van der Waals surface area contributed by atoms with E-state index in [0.29, 0.717) is 5.69 Å². The summed E-state index contributed by atoms with van der Waals surface area (Å²) in [6.07, 6.45) is 0.775. The molecular formula is C17H23N3O2. The molecule has 0 spiro atoms. The molecule has 1 aromatic rings. The predicted molar refractivity (Wildman–Crippen MR) is 89.0 cm³/mol. The molecule has 1 aromatic carbocycles. The summed E-state index contributed by atoms with van der Waals surface area (Å²) in [4.78, 5) is 27.7. The molecule has 0 saturated heterocycles. The van der Waals surface area contributed by atoms with Gasteiger partial charge in [-0.15, -0.1) is 0 Å². The molecule has 118 valence electrons. The highest BCUT2D eigenvalue weighted by molar-refractivity contribution is 6.06. The lowest BCUT2D eigenvalue weighted by Gasteiger charge is -2.28. The molecule has 5 nitrogen and oxygen atoms in total. The first-order valence-electron chi connectivity index (χ1n) is 7.41. The molecular weight excluding hydrogens is 278 g/mol. The van der Waals surface area contributed by atoms with Crippen molar-refractivity contribution in [1.82, 2.24) is 4.90 Å². The summed E-state index contributed by atoms with van der Waals surface area (Å²) in [6, 6.07) is 7.32. The SMILES string of the molecule is CC(=O)Nc1cccc(N(C)C(=O)C2=C(C)CN(C)CC2)c1. The Bertz CT molecular complexity index is 622. The van der Waals surface area contributed by atoms with E-state index in [0.717, 1.165) is 36.3 Å². The molecule has 0 fully saturated rings. The van der Waals surface area contributed by atoms with E-state index in [-0.39, 0.29) is 11.8 Å². The van der Waals surface area contributed by atoms with Crippen molar-refractivity contribution in [3.05, 3.63) is 35.4 Å². The van der Waals surface area contributed by atoms with Gasteiger partial charge in [0.15, 0.2) is 0 Å². The topological polar surface area (TPSA) is 52.7 Å². The van der Waals surface area contributed by atoms with E-state index in [1.165, 1.54) is 6.92 Å². The summed E-state index contributed by atoms with van der Waals surface area (Å²) in [5.74, 6) is -0.0921. The summed E-state index contributed by atoms with van der Waals surface area (Å²) in [5, 5.41) is 2.74. The maximum absolute atomic E-state index is 12.7. The van der Waals surface area contributed by atoms with Gasteiger partial charge >= 0.3 is 0 Å². The van der Waals surface area contributed by atoms with Gasteiger partial charge in [0.1, 0.15) is 0 Å². The number of likely N-dealkylation sites (N-methyl/N-ethyl adjacent to an activating group) is 2. The maximum atomic E-state index is 12.7. The number of anilines is 2. The molecule has 0 saturated carbocycles. The number of carbonyl (C=O) groups excluding carboxylic acids is 2. The fourth-order valence-corrected chi connectivity index (χ4v) is 2.70. The molecule has 1 aliphatic heterocycles. The molecule has 0 aliphatic carbocycles. The minimum Gasteiger partial charge on any atom is -0.326 e. The molecule has 0 unspecified atom stereocenters. The van der Waals surface area contributed by atoms with Crippen LogP contribution in [0.5, 0.6) is 0 Å². The average molecular weight is 301 g/mol. The lowest BCUT2D eigenvalue weighted by molar-refractivity contribution is -0.115. The normalized spacial score (nSPS) is 15.6. The first-order chi connectivity index (χ1) is 10.4. The number of nitrogens with one attached hydrogen (secondary N) is 1. The van der Waals surface area contributed by atoms with Gasteiger partial charge in [0, 0.05) is 44.0 Å². The van der Waals surface area contributed by atoms with Crippen molar-refractivity contribution >= 4 is 23.2 Å². The number of amides is 2. The van der Waals surface area contributed by atoms with Crippen molar-refractivity contribution in [1.29, 1.82) is 0 Å². The van der Waals surface area contributed by atoms with Crippen molar-refractivity contribution < 1.29 is 9.59 Å². The second kappa shape index (κ2) is 6.75. The average Bonchev–Trinajstić information content (AvgIpc) is 2.45. The van der Waals surface area contributed by atoms with Gasteiger partial charge in [0.2, 0.25) is 5.91 Å². The van der Waals surface area contributed by atoms with E-state index in [4.69, 9.17) is 0 Å². The molecule has 1 heterocycles. The van der Waals surface area contributed by atoms with Gasteiger partial charge in [-0.1, -0.05) is 11.6 Å². The first-order valence-corrected chi connectivity index (χ1v) is 7.41. The van der Waals surface area contributed by atoms with Gasteiger partial charge in [0.25, 0.3) is 5.91 Å². The van der Waals surface area contributed by atoms with Crippen LogP contribution in [0, 0.1) is 0 Å². The Kier molecular flexibility index (Phi) is 4.98. The fraction of sp³-hybridized carbons (Fsp3) is 0.412. The molecule has 0 bridgehead atoms. The molecule has 0 atom stereocenters. The van der Waals surface area contributed by atoms with Crippen molar-refractivity contribution in [2.75, 3.05) is 37.4 Å². The van der Waals surface area contributed by atoms with Crippen molar-refractivity contribution in [3.8, 4) is 0 Å². The van der Waals surface area contributed by atoms with Crippen molar-refractivity contribution in [2.45, 2.75) is 20.3 Å². The molecule has 0 radical (unpaired) electrons. The lowest BCUT2D eigenvalue weighted by atomic mass is 10.00. The minimum absolute atomic E-state index is 0.0329.